The van der Waals surface area contributed by atoms with Crippen molar-refractivity contribution in [1.29, 1.82) is 0 Å². The highest BCUT2D eigenvalue weighted by molar-refractivity contribution is 4.83. The molecule has 0 aliphatic carbocycles. The van der Waals surface area contributed by atoms with Crippen LogP contribution in [0.4, 0.5) is 0 Å². The van der Waals surface area contributed by atoms with Crippen molar-refractivity contribution < 1.29 is 0 Å². The molecule has 84 valence electrons. The standard InChI is InChI=1S/C12H26N2/c1-5-13-11(4)9-14-8-6-7-12(14)10(2)3/h10-13H,5-9H2,1-4H3. The molecule has 2 unspecified atom stereocenters. The molecule has 0 aromatic heterocycles. The Balaban J connectivity index is 2.35. The molecule has 1 aliphatic rings. The maximum absolute atomic E-state index is 3.49. The molecule has 1 N–H and O–H groups in total. The number of rotatable bonds is 5. The summed E-state index contributed by atoms with van der Waals surface area (Å²) in [6.07, 6.45) is 2.79. The molecular formula is C12H26N2. The van der Waals surface area contributed by atoms with Crippen LogP contribution in [0.3, 0.4) is 0 Å². The van der Waals surface area contributed by atoms with E-state index in [4.69, 9.17) is 0 Å². The molecular weight excluding hydrogens is 172 g/mol. The van der Waals surface area contributed by atoms with Crippen molar-refractivity contribution in [3.8, 4) is 0 Å². The van der Waals surface area contributed by atoms with Crippen molar-refractivity contribution in [3.63, 3.8) is 0 Å². The van der Waals surface area contributed by atoms with Crippen molar-refractivity contribution in [2.24, 2.45) is 5.92 Å². The fraction of sp³-hybridized carbons (Fsp3) is 1.00. The third-order valence-corrected chi connectivity index (χ3v) is 3.24. The van der Waals surface area contributed by atoms with Gasteiger partial charge in [-0.25, -0.2) is 0 Å². The fourth-order valence-corrected chi connectivity index (χ4v) is 2.60. The highest BCUT2D eigenvalue weighted by atomic mass is 15.2. The Labute approximate surface area is 89.1 Å². The van der Waals surface area contributed by atoms with E-state index in [2.05, 4.69) is 37.9 Å². The summed E-state index contributed by atoms with van der Waals surface area (Å²) in [4.78, 5) is 2.66. The zero-order valence-electron chi connectivity index (χ0n) is 10.2. The minimum atomic E-state index is 0.638. The summed E-state index contributed by atoms with van der Waals surface area (Å²) in [6.45, 7) is 12.8. The lowest BCUT2D eigenvalue weighted by Gasteiger charge is -2.30. The molecule has 1 aliphatic heterocycles. The van der Waals surface area contributed by atoms with Crippen LogP contribution in [0.25, 0.3) is 0 Å². The van der Waals surface area contributed by atoms with Gasteiger partial charge in [0, 0.05) is 18.6 Å². The predicted octanol–water partition coefficient (Wildman–Crippen LogP) is 2.10. The van der Waals surface area contributed by atoms with Gasteiger partial charge in [0.2, 0.25) is 0 Å². The zero-order valence-corrected chi connectivity index (χ0v) is 10.2. The van der Waals surface area contributed by atoms with Crippen LogP contribution >= 0.6 is 0 Å². The van der Waals surface area contributed by atoms with Crippen LogP contribution in [-0.4, -0.2) is 36.6 Å². The second kappa shape index (κ2) is 5.72. The van der Waals surface area contributed by atoms with Gasteiger partial charge in [0.15, 0.2) is 0 Å². The van der Waals surface area contributed by atoms with Gasteiger partial charge in [-0.05, 0) is 38.8 Å². The molecule has 1 saturated heterocycles. The van der Waals surface area contributed by atoms with Crippen molar-refractivity contribution in [1.82, 2.24) is 10.2 Å². The third kappa shape index (κ3) is 3.25. The van der Waals surface area contributed by atoms with Gasteiger partial charge < -0.3 is 5.32 Å². The lowest BCUT2D eigenvalue weighted by molar-refractivity contribution is 0.190. The first-order valence-corrected chi connectivity index (χ1v) is 6.12. The summed E-state index contributed by atoms with van der Waals surface area (Å²) >= 11 is 0. The lowest BCUT2D eigenvalue weighted by Crippen LogP contribution is -2.43. The van der Waals surface area contributed by atoms with E-state index in [0.29, 0.717) is 6.04 Å². The number of likely N-dealkylation sites (tertiary alicyclic amines) is 1. The Morgan fingerprint density at radius 2 is 2.07 bits per heavy atom. The molecule has 0 spiro atoms. The van der Waals surface area contributed by atoms with E-state index in [1.54, 1.807) is 0 Å². The summed E-state index contributed by atoms with van der Waals surface area (Å²) < 4.78 is 0. The maximum atomic E-state index is 3.49. The van der Waals surface area contributed by atoms with E-state index < -0.39 is 0 Å². The molecule has 2 nitrogen and oxygen atoms in total. The lowest BCUT2D eigenvalue weighted by atomic mass is 10.0. The monoisotopic (exact) mass is 198 g/mol. The molecule has 0 bridgehead atoms. The maximum Gasteiger partial charge on any atom is 0.0166 e. The Morgan fingerprint density at radius 1 is 1.36 bits per heavy atom. The minimum absolute atomic E-state index is 0.638. The van der Waals surface area contributed by atoms with Crippen molar-refractivity contribution >= 4 is 0 Å². The van der Waals surface area contributed by atoms with Crippen LogP contribution in [0, 0.1) is 5.92 Å². The summed E-state index contributed by atoms with van der Waals surface area (Å²) in [5.74, 6) is 0.811. The van der Waals surface area contributed by atoms with Crippen LogP contribution in [0.15, 0.2) is 0 Å². The highest BCUT2D eigenvalue weighted by Crippen LogP contribution is 2.23. The van der Waals surface area contributed by atoms with Gasteiger partial charge in [0.05, 0.1) is 0 Å². The third-order valence-electron chi connectivity index (χ3n) is 3.24. The number of nitrogens with zero attached hydrogens (tertiary/aromatic N) is 1. The van der Waals surface area contributed by atoms with Crippen LogP contribution in [0.2, 0.25) is 0 Å². The van der Waals surface area contributed by atoms with Gasteiger partial charge in [0.1, 0.15) is 0 Å². The SMILES string of the molecule is CCNC(C)CN1CCCC1C(C)C. The summed E-state index contributed by atoms with van der Waals surface area (Å²) in [5.41, 5.74) is 0. The average molecular weight is 198 g/mol. The number of nitrogens with one attached hydrogen (secondary N) is 1. The Kier molecular flexibility index (Phi) is 4.90. The predicted molar refractivity (Wildman–Crippen MR) is 62.6 cm³/mol. The second-order valence-electron chi connectivity index (χ2n) is 4.91. The van der Waals surface area contributed by atoms with Gasteiger partial charge >= 0.3 is 0 Å². The molecule has 0 aromatic carbocycles. The second-order valence-corrected chi connectivity index (χ2v) is 4.91. The largest absolute Gasteiger partial charge is 0.313 e. The van der Waals surface area contributed by atoms with Gasteiger partial charge in [-0.3, -0.25) is 4.90 Å². The summed E-state index contributed by atoms with van der Waals surface area (Å²) in [6, 6.07) is 1.47. The average Bonchev–Trinajstić information content (AvgIpc) is 2.52. The van der Waals surface area contributed by atoms with Crippen LogP contribution in [0.5, 0.6) is 0 Å². The molecule has 1 heterocycles. The molecule has 0 radical (unpaired) electrons. The molecule has 2 atom stereocenters. The van der Waals surface area contributed by atoms with E-state index in [0.717, 1.165) is 18.5 Å². The van der Waals surface area contributed by atoms with E-state index >= 15 is 0 Å². The van der Waals surface area contributed by atoms with E-state index in [1.807, 2.05) is 0 Å². The first-order valence-electron chi connectivity index (χ1n) is 6.12. The number of hydrogen-bond donors (Lipinski definition) is 1. The van der Waals surface area contributed by atoms with E-state index in [9.17, 15) is 0 Å². The van der Waals surface area contributed by atoms with Crippen molar-refractivity contribution in [2.45, 2.75) is 52.6 Å². The number of likely N-dealkylation sites (N-methyl/N-ethyl adjacent to an activating group) is 1. The number of hydrogen-bond acceptors (Lipinski definition) is 2. The Hall–Kier alpha value is -0.0800. The zero-order chi connectivity index (χ0) is 10.6. The Morgan fingerprint density at radius 3 is 2.64 bits per heavy atom. The van der Waals surface area contributed by atoms with Gasteiger partial charge in [0.25, 0.3) is 0 Å². The molecule has 1 fully saturated rings. The van der Waals surface area contributed by atoms with Crippen molar-refractivity contribution in [3.05, 3.63) is 0 Å². The molecule has 0 aromatic rings. The first kappa shape index (κ1) is 12.0. The van der Waals surface area contributed by atoms with E-state index in [1.165, 1.54) is 25.9 Å². The van der Waals surface area contributed by atoms with Crippen LogP contribution in [-0.2, 0) is 0 Å². The first-order chi connectivity index (χ1) is 6.65. The molecule has 0 amide bonds. The minimum Gasteiger partial charge on any atom is -0.313 e. The van der Waals surface area contributed by atoms with Crippen LogP contribution in [0.1, 0.15) is 40.5 Å². The van der Waals surface area contributed by atoms with Gasteiger partial charge in [-0.15, -0.1) is 0 Å². The Bertz CT molecular complexity index is 156. The summed E-state index contributed by atoms with van der Waals surface area (Å²) in [5, 5.41) is 3.49. The topological polar surface area (TPSA) is 15.3 Å². The highest BCUT2D eigenvalue weighted by Gasteiger charge is 2.27. The molecule has 14 heavy (non-hydrogen) atoms. The van der Waals surface area contributed by atoms with Gasteiger partial charge in [-0.1, -0.05) is 20.8 Å². The van der Waals surface area contributed by atoms with E-state index in [-0.39, 0.29) is 0 Å². The molecule has 0 saturated carbocycles. The molecule has 1 rings (SSSR count). The van der Waals surface area contributed by atoms with Crippen LogP contribution < -0.4 is 5.32 Å². The fourth-order valence-electron chi connectivity index (χ4n) is 2.60. The normalized spacial score (nSPS) is 25.9. The van der Waals surface area contributed by atoms with Gasteiger partial charge in [-0.2, -0.15) is 0 Å². The summed E-state index contributed by atoms with van der Waals surface area (Å²) in [7, 11) is 0. The molecule has 2 heteroatoms. The smallest absolute Gasteiger partial charge is 0.0166 e. The quantitative estimate of drug-likeness (QED) is 0.728. The van der Waals surface area contributed by atoms with Crippen molar-refractivity contribution in [2.75, 3.05) is 19.6 Å².